The monoisotopic (exact) mass is 684 g/mol. The standard InChI is InChI=1S/C24H27NO4.3C4H9.Sn/c1-26-21-9-15-16-10-22(27-2)24(29-4)12-18(16)20-14-25(7-5-6-8-25)13-19(20)17(15)11-23(21)28-3;3*1-3-4-2;/h7,9-12H,5-6,8,13-14H2,1-4H3;3*1,3-4H2,2H3;/q+1;;;;. The molecule has 5 rings (SSSR count). The molecule has 2 aliphatic rings. The molecule has 2 aliphatic heterocycles. The number of nitrogens with zero attached hydrogens (tertiary/aromatic N) is 1. The van der Waals surface area contributed by atoms with Crippen molar-refractivity contribution < 1.29 is 23.4 Å². The van der Waals surface area contributed by atoms with E-state index in [-0.39, 0.29) is 0 Å². The Bertz CT molecular complexity index is 1300. The Hall–Kier alpha value is -1.86. The molecule has 0 aliphatic carbocycles. The minimum atomic E-state index is -2.51. The fourth-order valence-corrected chi connectivity index (χ4v) is 29.4. The fraction of sp³-hybridized carbons (Fsp3) is 0.611. The molecule has 0 saturated carbocycles. The maximum atomic E-state index is 5.86. The van der Waals surface area contributed by atoms with Crippen LogP contribution in [0.1, 0.15) is 83.3 Å². The van der Waals surface area contributed by atoms with Gasteiger partial charge < -0.3 is 0 Å². The molecule has 230 valence electrons. The molecule has 0 bridgehead atoms. The zero-order valence-electron chi connectivity index (χ0n) is 27.4. The van der Waals surface area contributed by atoms with Gasteiger partial charge in [0.25, 0.3) is 0 Å². The molecule has 1 unspecified atom stereocenters. The molecule has 0 N–H and O–H groups in total. The number of hydrogen-bond donors (Lipinski definition) is 0. The van der Waals surface area contributed by atoms with Gasteiger partial charge in [-0.3, -0.25) is 0 Å². The van der Waals surface area contributed by atoms with Crippen LogP contribution in [0.4, 0.5) is 0 Å². The van der Waals surface area contributed by atoms with E-state index in [2.05, 4.69) is 45.0 Å². The predicted octanol–water partition coefficient (Wildman–Crippen LogP) is 9.41. The maximum absolute atomic E-state index is 5.86. The summed E-state index contributed by atoms with van der Waals surface area (Å²) in [5, 5.41) is 5.07. The summed E-state index contributed by atoms with van der Waals surface area (Å²) in [5.41, 5.74) is 3.05. The summed E-state index contributed by atoms with van der Waals surface area (Å²) in [6.07, 6.45) is 11.1. The quantitative estimate of drug-likeness (QED) is 0.0965. The number of methoxy groups -OCH3 is 4. The van der Waals surface area contributed by atoms with E-state index in [1.807, 2.05) is 0 Å². The SMILES string of the molecule is CCC[CH2][Sn]([CH2]CCC)([CH2]CCC)[CH]1CCC[N+]12Cc1c(c3cc(OC)c(OC)cc3c3cc(OC)c(OC)cc13)C2. The molecule has 1 atom stereocenters. The van der Waals surface area contributed by atoms with Crippen LogP contribution in [0.5, 0.6) is 23.0 Å². The molecule has 2 heterocycles. The number of fused-ring (bicyclic) bond motifs is 6. The molecule has 0 aromatic heterocycles. The fourth-order valence-electron chi connectivity index (χ4n) is 8.83. The predicted molar refractivity (Wildman–Crippen MR) is 178 cm³/mol. The molecule has 3 aromatic rings. The van der Waals surface area contributed by atoms with Crippen LogP contribution in [0.2, 0.25) is 13.3 Å². The van der Waals surface area contributed by atoms with Gasteiger partial charge >= 0.3 is 259 Å². The summed E-state index contributed by atoms with van der Waals surface area (Å²) < 4.78 is 30.3. The van der Waals surface area contributed by atoms with E-state index in [1.54, 1.807) is 41.7 Å². The second kappa shape index (κ2) is 13.4. The Morgan fingerprint density at radius 2 is 1.00 bits per heavy atom. The van der Waals surface area contributed by atoms with Crippen LogP contribution in [0.3, 0.4) is 0 Å². The van der Waals surface area contributed by atoms with Gasteiger partial charge in [0.1, 0.15) is 0 Å². The van der Waals surface area contributed by atoms with E-state index in [1.165, 1.54) is 95.1 Å². The van der Waals surface area contributed by atoms with Crippen molar-refractivity contribution in [1.82, 2.24) is 0 Å². The normalized spacial score (nSPS) is 17.7. The number of ether oxygens (including phenoxy) is 4. The van der Waals surface area contributed by atoms with E-state index in [9.17, 15) is 0 Å². The van der Waals surface area contributed by atoms with Crippen LogP contribution in [0.25, 0.3) is 21.5 Å². The molecule has 1 spiro atoms. The first-order chi connectivity index (χ1) is 20.4. The third kappa shape index (κ3) is 5.46. The molecule has 3 aromatic carbocycles. The second-order valence-corrected chi connectivity index (χ2v) is 27.0. The van der Waals surface area contributed by atoms with Crippen molar-refractivity contribution in [3.63, 3.8) is 0 Å². The van der Waals surface area contributed by atoms with Crippen LogP contribution in [-0.4, -0.2) is 61.9 Å². The summed E-state index contributed by atoms with van der Waals surface area (Å²) in [6.45, 7) is 10.8. The Morgan fingerprint density at radius 3 is 1.36 bits per heavy atom. The van der Waals surface area contributed by atoms with Crippen molar-refractivity contribution in [2.24, 2.45) is 0 Å². The summed E-state index contributed by atoms with van der Waals surface area (Å²) in [7, 11) is 6.96. The van der Waals surface area contributed by atoms with Crippen molar-refractivity contribution in [2.75, 3.05) is 35.0 Å². The van der Waals surface area contributed by atoms with E-state index in [4.69, 9.17) is 18.9 Å². The van der Waals surface area contributed by atoms with Gasteiger partial charge in [0, 0.05) is 0 Å². The summed E-state index contributed by atoms with van der Waals surface area (Å²) in [6, 6.07) is 8.86. The molecular formula is C36H54NO4Sn+. The van der Waals surface area contributed by atoms with Crippen LogP contribution in [0, 0.1) is 0 Å². The number of unbranched alkanes of at least 4 members (excludes halogenated alkanes) is 3. The third-order valence-electron chi connectivity index (χ3n) is 10.8. The van der Waals surface area contributed by atoms with Crippen LogP contribution in [0.15, 0.2) is 24.3 Å². The van der Waals surface area contributed by atoms with E-state index in [0.29, 0.717) is 0 Å². The molecule has 42 heavy (non-hydrogen) atoms. The molecule has 1 saturated heterocycles. The van der Waals surface area contributed by atoms with Crippen molar-refractivity contribution in [3.05, 3.63) is 35.4 Å². The number of rotatable bonds is 14. The summed E-state index contributed by atoms with van der Waals surface area (Å²) in [5.74, 6) is 3.17. The molecular weight excluding hydrogens is 629 g/mol. The minimum absolute atomic E-state index is 0.774. The van der Waals surface area contributed by atoms with Crippen molar-refractivity contribution in [1.29, 1.82) is 0 Å². The Labute approximate surface area is 258 Å². The van der Waals surface area contributed by atoms with Crippen LogP contribution < -0.4 is 18.9 Å². The van der Waals surface area contributed by atoms with Gasteiger partial charge in [0.15, 0.2) is 0 Å². The first kappa shape index (κ1) is 31.6. The molecule has 6 heteroatoms. The van der Waals surface area contributed by atoms with Gasteiger partial charge in [0.2, 0.25) is 0 Å². The van der Waals surface area contributed by atoms with Crippen LogP contribution in [-0.2, 0) is 13.1 Å². The summed E-state index contributed by atoms with van der Waals surface area (Å²) >= 11 is -2.51. The number of quaternary nitrogens is 1. The van der Waals surface area contributed by atoms with E-state index >= 15 is 0 Å². The van der Waals surface area contributed by atoms with E-state index in [0.717, 1.165) is 40.1 Å². The van der Waals surface area contributed by atoms with Gasteiger partial charge in [-0.25, -0.2) is 0 Å². The van der Waals surface area contributed by atoms with Gasteiger partial charge in [0.05, 0.1) is 0 Å². The van der Waals surface area contributed by atoms with Crippen molar-refractivity contribution in [2.45, 2.75) is 103 Å². The average molecular weight is 684 g/mol. The number of hydrogen-bond acceptors (Lipinski definition) is 4. The Morgan fingerprint density at radius 1 is 0.619 bits per heavy atom. The van der Waals surface area contributed by atoms with Gasteiger partial charge in [-0.05, 0) is 0 Å². The van der Waals surface area contributed by atoms with E-state index < -0.39 is 18.4 Å². The third-order valence-corrected chi connectivity index (χ3v) is 28.8. The molecule has 5 nitrogen and oxygen atoms in total. The van der Waals surface area contributed by atoms with Crippen molar-refractivity contribution in [3.8, 4) is 23.0 Å². The molecule has 0 radical (unpaired) electrons. The zero-order valence-corrected chi connectivity index (χ0v) is 30.2. The van der Waals surface area contributed by atoms with Gasteiger partial charge in [-0.15, -0.1) is 0 Å². The van der Waals surface area contributed by atoms with Gasteiger partial charge in [-0.1, -0.05) is 0 Å². The number of benzene rings is 3. The first-order valence-electron chi connectivity index (χ1n) is 16.6. The first-order valence-corrected chi connectivity index (χ1v) is 24.3. The molecule has 0 amide bonds. The van der Waals surface area contributed by atoms with Crippen molar-refractivity contribution >= 4 is 39.9 Å². The topological polar surface area (TPSA) is 36.9 Å². The average Bonchev–Trinajstić information content (AvgIpc) is 3.63. The zero-order chi connectivity index (χ0) is 29.9. The second-order valence-electron chi connectivity index (χ2n) is 13.1. The van der Waals surface area contributed by atoms with Gasteiger partial charge in [-0.2, -0.15) is 0 Å². The summed E-state index contributed by atoms with van der Waals surface area (Å²) in [4.78, 5) is 0. The van der Waals surface area contributed by atoms with Crippen LogP contribution >= 0.6 is 0 Å². The Balaban J connectivity index is 1.73. The molecule has 1 fully saturated rings. The Kier molecular flexibility index (Phi) is 10.1.